The third-order valence-electron chi connectivity index (χ3n) is 9.49. The summed E-state index contributed by atoms with van der Waals surface area (Å²) in [6.45, 7) is 18.5. The first-order chi connectivity index (χ1) is 19.1. The second-order valence-electron chi connectivity index (χ2n) is 11.5. The van der Waals surface area contributed by atoms with Gasteiger partial charge >= 0.3 is 0 Å². The van der Waals surface area contributed by atoms with E-state index in [2.05, 4.69) is 104 Å². The van der Waals surface area contributed by atoms with E-state index in [1.807, 2.05) is 12.3 Å². The summed E-state index contributed by atoms with van der Waals surface area (Å²) in [7, 11) is 0. The maximum absolute atomic E-state index is 6.77. The lowest BCUT2D eigenvalue weighted by Crippen LogP contribution is -2.67. The quantitative estimate of drug-likeness (QED) is 0.166. The van der Waals surface area contributed by atoms with Crippen molar-refractivity contribution in [2.24, 2.45) is 11.8 Å². The number of aryl methyl sites for hydroxylation is 1. The minimum atomic E-state index is -0.0484. The fourth-order valence-corrected chi connectivity index (χ4v) is 7.67. The number of pyridine rings is 1. The maximum atomic E-state index is 6.77. The first-order valence-corrected chi connectivity index (χ1v) is 14.3. The van der Waals surface area contributed by atoms with Gasteiger partial charge in [-0.05, 0) is 52.4 Å². The van der Waals surface area contributed by atoms with Crippen molar-refractivity contribution in [2.45, 2.75) is 38.5 Å². The van der Waals surface area contributed by atoms with Crippen LogP contribution in [-0.2, 0) is 11.3 Å². The molecule has 3 saturated heterocycles. The lowest BCUT2D eigenvalue weighted by molar-refractivity contribution is -0.984. The molecule has 3 nitrogen and oxygen atoms in total. The molecule has 198 valence electrons. The van der Waals surface area contributed by atoms with E-state index in [0.29, 0.717) is 24.5 Å². The molecule has 0 radical (unpaired) electrons. The summed E-state index contributed by atoms with van der Waals surface area (Å²) >= 11 is 0. The third kappa shape index (κ3) is 4.44. The first-order valence-electron chi connectivity index (χ1n) is 14.3. The van der Waals surface area contributed by atoms with E-state index in [-0.39, 0.29) is 6.10 Å². The predicted molar refractivity (Wildman–Crippen MR) is 163 cm³/mol. The summed E-state index contributed by atoms with van der Waals surface area (Å²) in [5, 5.41) is 3.82. The van der Waals surface area contributed by atoms with E-state index in [0.717, 1.165) is 36.1 Å². The van der Waals surface area contributed by atoms with Gasteiger partial charge in [-0.3, -0.25) is 4.98 Å². The SMILES string of the molecule is C=CCO[C@H](c1ccnc2ccccc12)C1CC2CC[N@@+]1(Cc1c(C=C)c(C)cc3ccccc13)CC2C=C. The Balaban J connectivity index is 1.53. The molecule has 3 unspecified atom stereocenters. The Kier molecular flexibility index (Phi) is 6.97. The Hall–Kier alpha value is -3.53. The highest BCUT2D eigenvalue weighted by Gasteiger charge is 2.54. The topological polar surface area (TPSA) is 22.1 Å². The van der Waals surface area contributed by atoms with Crippen LogP contribution < -0.4 is 0 Å². The number of para-hydroxylation sites is 1. The van der Waals surface area contributed by atoms with Crippen LogP contribution >= 0.6 is 0 Å². The molecule has 0 amide bonds. The molecule has 4 heterocycles. The minimum Gasteiger partial charge on any atom is -0.363 e. The molecule has 39 heavy (non-hydrogen) atoms. The van der Waals surface area contributed by atoms with Crippen molar-refractivity contribution in [1.29, 1.82) is 0 Å². The molecule has 5 atom stereocenters. The van der Waals surface area contributed by atoms with Gasteiger partial charge in [0.05, 0.1) is 25.2 Å². The van der Waals surface area contributed by atoms with Crippen molar-refractivity contribution in [3.8, 4) is 0 Å². The van der Waals surface area contributed by atoms with Crippen LogP contribution in [0.15, 0.2) is 98.7 Å². The van der Waals surface area contributed by atoms with Crippen LogP contribution in [0.3, 0.4) is 0 Å². The average molecular weight is 516 g/mol. The standard InChI is InChI=1S/C36H39N2O/c1-5-20-39-36(32-16-18-37-34-15-11-10-14-31(32)34)35-22-27-17-19-38(35,23-26(27)6-2)24-33-29(7-3)25(4)21-28-12-8-9-13-30(28)33/h5-16,18,21,26-27,35-36H,1-3,17,19-20,22-24H2,4H3/q+1/t26?,27?,35?,36-,38+/m1/s1. The fraction of sp³-hybridized carbons (Fsp3) is 0.306. The maximum Gasteiger partial charge on any atom is 0.135 e. The highest BCUT2D eigenvalue weighted by atomic mass is 16.5. The predicted octanol–water partition coefficient (Wildman–Crippen LogP) is 8.19. The molecule has 3 aliphatic heterocycles. The Morgan fingerprint density at radius 2 is 1.85 bits per heavy atom. The largest absolute Gasteiger partial charge is 0.363 e. The van der Waals surface area contributed by atoms with Gasteiger partial charge in [0.2, 0.25) is 0 Å². The average Bonchev–Trinajstić information content (AvgIpc) is 2.97. The van der Waals surface area contributed by atoms with Gasteiger partial charge in [0.15, 0.2) is 0 Å². The van der Waals surface area contributed by atoms with E-state index < -0.39 is 0 Å². The smallest absolute Gasteiger partial charge is 0.135 e. The number of ether oxygens (including phenoxy) is 1. The van der Waals surface area contributed by atoms with Gasteiger partial charge in [-0.1, -0.05) is 73.3 Å². The van der Waals surface area contributed by atoms with Gasteiger partial charge in [0, 0.05) is 35.9 Å². The zero-order valence-electron chi connectivity index (χ0n) is 23.1. The molecule has 0 saturated carbocycles. The second-order valence-corrected chi connectivity index (χ2v) is 11.5. The van der Waals surface area contributed by atoms with E-state index in [1.54, 1.807) is 0 Å². The van der Waals surface area contributed by atoms with E-state index in [4.69, 9.17) is 4.74 Å². The molecule has 0 spiro atoms. The van der Waals surface area contributed by atoms with Gasteiger partial charge < -0.3 is 9.22 Å². The number of hydrogen-bond acceptors (Lipinski definition) is 2. The molecule has 3 aliphatic rings. The van der Waals surface area contributed by atoms with Crippen LogP contribution in [0.5, 0.6) is 0 Å². The summed E-state index contributed by atoms with van der Waals surface area (Å²) in [5.41, 5.74) is 6.25. The van der Waals surface area contributed by atoms with E-state index in [9.17, 15) is 0 Å². The highest BCUT2D eigenvalue weighted by Crippen LogP contribution is 2.49. The van der Waals surface area contributed by atoms with Crippen LogP contribution in [0.4, 0.5) is 0 Å². The normalized spacial score (nSPS) is 25.0. The summed E-state index contributed by atoms with van der Waals surface area (Å²) < 4.78 is 7.77. The lowest BCUT2D eigenvalue weighted by atomic mass is 9.70. The van der Waals surface area contributed by atoms with Crippen LogP contribution in [0.1, 0.15) is 41.2 Å². The lowest BCUT2D eigenvalue weighted by Gasteiger charge is -2.58. The van der Waals surface area contributed by atoms with Crippen molar-refractivity contribution < 1.29 is 9.22 Å². The number of nitrogens with zero attached hydrogens (tertiary/aromatic N) is 2. The summed E-state index contributed by atoms with van der Waals surface area (Å²) in [6.07, 6.45) is 10.4. The molecular formula is C36H39N2O+. The summed E-state index contributed by atoms with van der Waals surface area (Å²) in [6, 6.07) is 22.1. The molecule has 3 heteroatoms. The number of benzene rings is 3. The molecule has 3 aromatic carbocycles. The first kappa shape index (κ1) is 25.7. The van der Waals surface area contributed by atoms with E-state index in [1.165, 1.54) is 44.8 Å². The number of rotatable bonds is 9. The molecule has 0 aliphatic carbocycles. The summed E-state index contributed by atoms with van der Waals surface area (Å²) in [5.74, 6) is 1.16. The Bertz CT molecular complexity index is 1550. The number of piperidine rings is 3. The molecule has 3 fully saturated rings. The monoisotopic (exact) mass is 515 g/mol. The number of aromatic nitrogens is 1. The van der Waals surface area contributed by atoms with Crippen molar-refractivity contribution >= 4 is 27.8 Å². The highest BCUT2D eigenvalue weighted by molar-refractivity contribution is 5.90. The van der Waals surface area contributed by atoms with Crippen LogP contribution in [-0.4, -0.2) is 35.2 Å². The number of fused-ring (bicyclic) bond motifs is 5. The van der Waals surface area contributed by atoms with Crippen molar-refractivity contribution in [3.63, 3.8) is 0 Å². The van der Waals surface area contributed by atoms with Crippen LogP contribution in [0.25, 0.3) is 27.8 Å². The Morgan fingerprint density at radius 3 is 2.64 bits per heavy atom. The van der Waals surface area contributed by atoms with Crippen molar-refractivity contribution in [1.82, 2.24) is 4.98 Å². The van der Waals surface area contributed by atoms with Crippen molar-refractivity contribution in [3.05, 3.63) is 121 Å². The Labute approximate surface area is 232 Å². The second kappa shape index (κ2) is 10.6. The molecule has 7 rings (SSSR count). The van der Waals surface area contributed by atoms with Crippen LogP contribution in [0.2, 0.25) is 0 Å². The molecule has 2 bridgehead atoms. The number of quaternary nitrogens is 1. The minimum absolute atomic E-state index is 0.0484. The van der Waals surface area contributed by atoms with Gasteiger partial charge in [0.1, 0.15) is 18.7 Å². The molecule has 0 N–H and O–H groups in total. The third-order valence-corrected chi connectivity index (χ3v) is 9.49. The van der Waals surface area contributed by atoms with Gasteiger partial charge in [-0.25, -0.2) is 0 Å². The molecular weight excluding hydrogens is 476 g/mol. The van der Waals surface area contributed by atoms with Gasteiger partial charge in [0.25, 0.3) is 0 Å². The van der Waals surface area contributed by atoms with Crippen LogP contribution in [0, 0.1) is 18.8 Å². The van der Waals surface area contributed by atoms with Gasteiger partial charge in [-0.2, -0.15) is 0 Å². The fourth-order valence-electron chi connectivity index (χ4n) is 7.67. The number of hydrogen-bond donors (Lipinski definition) is 0. The Morgan fingerprint density at radius 1 is 1.05 bits per heavy atom. The van der Waals surface area contributed by atoms with Crippen molar-refractivity contribution in [2.75, 3.05) is 19.7 Å². The zero-order valence-corrected chi connectivity index (χ0v) is 23.1. The molecule has 4 aromatic rings. The van der Waals surface area contributed by atoms with Gasteiger partial charge in [-0.15, -0.1) is 13.2 Å². The van der Waals surface area contributed by atoms with E-state index >= 15 is 0 Å². The molecule has 1 aromatic heterocycles. The summed E-state index contributed by atoms with van der Waals surface area (Å²) in [4.78, 5) is 4.67. The zero-order chi connectivity index (χ0) is 27.0.